The Hall–Kier alpha value is -0.0400. The van der Waals surface area contributed by atoms with Gasteiger partial charge >= 0.3 is 0 Å². The van der Waals surface area contributed by atoms with Gasteiger partial charge in [-0.2, -0.15) is 0 Å². The Morgan fingerprint density at radius 3 is 1.57 bits per heavy atom. The van der Waals surface area contributed by atoms with Crippen molar-refractivity contribution in [3.8, 4) is 0 Å². The highest BCUT2D eigenvalue weighted by Gasteiger charge is 2.31. The monoisotopic (exact) mass is 200 g/mol. The Morgan fingerprint density at radius 2 is 1.29 bits per heavy atom. The van der Waals surface area contributed by atoms with Gasteiger partial charge in [0.15, 0.2) is 0 Å². The van der Waals surface area contributed by atoms with Crippen LogP contribution in [0.5, 0.6) is 0 Å². The van der Waals surface area contributed by atoms with E-state index in [9.17, 15) is 0 Å². The summed E-state index contributed by atoms with van der Waals surface area (Å²) in [6.07, 6.45) is 0.669. The van der Waals surface area contributed by atoms with Gasteiger partial charge in [-0.05, 0) is 31.1 Å². The maximum absolute atomic E-state index is 6.04. The lowest BCUT2D eigenvalue weighted by molar-refractivity contribution is -0.0851. The first-order valence-corrected chi connectivity index (χ1v) is 5.85. The average Bonchev–Trinajstić information content (AvgIpc) is 2.03. The maximum Gasteiger partial charge on any atom is 0.0604 e. The Bertz CT molecular complexity index is 159. The van der Waals surface area contributed by atoms with Gasteiger partial charge in [0, 0.05) is 0 Å². The lowest BCUT2D eigenvalue weighted by Crippen LogP contribution is -2.37. The molecule has 0 radical (unpaired) electrons. The van der Waals surface area contributed by atoms with Crippen LogP contribution in [0, 0.1) is 17.3 Å². The van der Waals surface area contributed by atoms with Crippen molar-refractivity contribution in [1.29, 1.82) is 0 Å². The first kappa shape index (κ1) is 14.0. The van der Waals surface area contributed by atoms with Crippen molar-refractivity contribution >= 4 is 0 Å². The summed E-state index contributed by atoms with van der Waals surface area (Å²) in [5, 5.41) is 0. The molecule has 2 unspecified atom stereocenters. The van der Waals surface area contributed by atoms with Gasteiger partial charge in [-0.15, -0.1) is 0 Å². The van der Waals surface area contributed by atoms with Gasteiger partial charge in [-0.25, -0.2) is 0 Å². The molecule has 1 nitrogen and oxygen atoms in total. The molecule has 0 fully saturated rings. The molecule has 0 aliphatic rings. The number of ether oxygens (including phenoxy) is 1. The fraction of sp³-hybridized carbons (Fsp3) is 1.00. The fourth-order valence-electron chi connectivity index (χ4n) is 1.12. The Labute approximate surface area is 90.2 Å². The van der Waals surface area contributed by atoms with E-state index < -0.39 is 0 Å². The summed E-state index contributed by atoms with van der Waals surface area (Å²) in [6, 6.07) is 0. The molecule has 0 saturated carbocycles. The summed E-state index contributed by atoms with van der Waals surface area (Å²) >= 11 is 0. The summed E-state index contributed by atoms with van der Waals surface area (Å²) in [4.78, 5) is 0. The molecule has 0 spiro atoms. The van der Waals surface area contributed by atoms with Crippen LogP contribution in [0.4, 0.5) is 0 Å². The number of hydrogen-bond donors (Lipinski definition) is 0. The Balaban J connectivity index is 4.26. The summed E-state index contributed by atoms with van der Waals surface area (Å²) < 4.78 is 6.04. The largest absolute Gasteiger partial charge is 0.375 e. The molecule has 0 rings (SSSR count). The second-order valence-electron chi connectivity index (χ2n) is 5.70. The summed E-state index contributed by atoms with van der Waals surface area (Å²) in [6.45, 7) is 17.9. The van der Waals surface area contributed by atoms with E-state index in [1.807, 2.05) is 0 Å². The quantitative estimate of drug-likeness (QED) is 0.648. The van der Waals surface area contributed by atoms with Crippen LogP contribution >= 0.6 is 0 Å². The maximum atomic E-state index is 6.04. The zero-order chi connectivity index (χ0) is 11.5. The molecular weight excluding hydrogens is 172 g/mol. The van der Waals surface area contributed by atoms with Crippen LogP contribution in [0.2, 0.25) is 0 Å². The molecule has 0 aliphatic carbocycles. The van der Waals surface area contributed by atoms with Crippen LogP contribution < -0.4 is 0 Å². The van der Waals surface area contributed by atoms with E-state index in [-0.39, 0.29) is 5.41 Å². The second-order valence-corrected chi connectivity index (χ2v) is 5.70. The molecule has 2 atom stereocenters. The normalized spacial score (nSPS) is 17.6. The minimum absolute atomic E-state index is 0.253. The van der Waals surface area contributed by atoms with Crippen LogP contribution in [0.3, 0.4) is 0 Å². The van der Waals surface area contributed by atoms with E-state index in [1.165, 1.54) is 0 Å². The Kier molecular flexibility index (Phi) is 5.14. The van der Waals surface area contributed by atoms with Crippen molar-refractivity contribution in [2.24, 2.45) is 17.3 Å². The summed E-state index contributed by atoms with van der Waals surface area (Å²) in [5.74, 6) is 1.25. The van der Waals surface area contributed by atoms with Crippen molar-refractivity contribution < 1.29 is 4.74 Å². The predicted molar refractivity (Wildman–Crippen MR) is 63.5 cm³/mol. The van der Waals surface area contributed by atoms with Crippen LogP contribution in [0.15, 0.2) is 0 Å². The molecular formula is C13H28O. The molecule has 0 saturated heterocycles. The third-order valence-electron chi connectivity index (χ3n) is 3.89. The number of rotatable bonds is 5. The van der Waals surface area contributed by atoms with Crippen molar-refractivity contribution in [2.75, 3.05) is 0 Å². The standard InChI is InChI=1S/C13H28O/c1-9(2)11(5)14-12(6)13(7,8)10(3)4/h9-12H,1-8H3. The third-order valence-corrected chi connectivity index (χ3v) is 3.89. The molecule has 1 heteroatoms. The van der Waals surface area contributed by atoms with E-state index in [1.54, 1.807) is 0 Å². The molecule has 0 bridgehead atoms. The molecule has 14 heavy (non-hydrogen) atoms. The topological polar surface area (TPSA) is 9.23 Å². The van der Waals surface area contributed by atoms with Crippen LogP contribution in [0.25, 0.3) is 0 Å². The third kappa shape index (κ3) is 3.61. The van der Waals surface area contributed by atoms with Crippen molar-refractivity contribution in [1.82, 2.24) is 0 Å². The van der Waals surface area contributed by atoms with Gasteiger partial charge in [0.25, 0.3) is 0 Å². The van der Waals surface area contributed by atoms with Crippen molar-refractivity contribution in [3.05, 3.63) is 0 Å². The second kappa shape index (κ2) is 5.16. The molecule has 0 aliphatic heterocycles. The minimum atomic E-state index is 0.253. The van der Waals surface area contributed by atoms with E-state index in [2.05, 4.69) is 55.4 Å². The number of hydrogen-bond acceptors (Lipinski definition) is 1. The van der Waals surface area contributed by atoms with Crippen LogP contribution in [0.1, 0.15) is 55.4 Å². The Morgan fingerprint density at radius 1 is 0.857 bits per heavy atom. The van der Waals surface area contributed by atoms with Gasteiger partial charge in [0.05, 0.1) is 12.2 Å². The zero-order valence-electron chi connectivity index (χ0n) is 11.2. The SMILES string of the molecule is CC(C)C(C)OC(C)C(C)(C)C(C)C. The van der Waals surface area contributed by atoms with E-state index in [0.717, 1.165) is 0 Å². The first-order chi connectivity index (χ1) is 6.19. The first-order valence-electron chi connectivity index (χ1n) is 5.85. The van der Waals surface area contributed by atoms with Gasteiger partial charge in [0.1, 0.15) is 0 Å². The van der Waals surface area contributed by atoms with Crippen LogP contribution in [-0.2, 0) is 4.74 Å². The molecule has 0 aromatic rings. The predicted octanol–water partition coefficient (Wildman–Crippen LogP) is 4.12. The highest BCUT2D eigenvalue weighted by atomic mass is 16.5. The van der Waals surface area contributed by atoms with E-state index in [0.29, 0.717) is 24.0 Å². The lowest BCUT2D eigenvalue weighted by Gasteiger charge is -2.37. The molecule has 0 heterocycles. The zero-order valence-corrected chi connectivity index (χ0v) is 11.2. The van der Waals surface area contributed by atoms with Crippen molar-refractivity contribution in [2.45, 2.75) is 67.6 Å². The van der Waals surface area contributed by atoms with Crippen LogP contribution in [-0.4, -0.2) is 12.2 Å². The highest BCUT2D eigenvalue weighted by molar-refractivity contribution is 4.80. The van der Waals surface area contributed by atoms with Crippen molar-refractivity contribution in [3.63, 3.8) is 0 Å². The average molecular weight is 200 g/mol. The lowest BCUT2D eigenvalue weighted by atomic mass is 9.77. The molecule has 0 N–H and O–H groups in total. The highest BCUT2D eigenvalue weighted by Crippen LogP contribution is 2.33. The molecule has 86 valence electrons. The molecule has 0 amide bonds. The minimum Gasteiger partial charge on any atom is -0.375 e. The van der Waals surface area contributed by atoms with E-state index >= 15 is 0 Å². The van der Waals surface area contributed by atoms with Gasteiger partial charge in [0.2, 0.25) is 0 Å². The summed E-state index contributed by atoms with van der Waals surface area (Å²) in [5.41, 5.74) is 0.253. The fourth-order valence-corrected chi connectivity index (χ4v) is 1.12. The molecule has 0 aromatic carbocycles. The van der Waals surface area contributed by atoms with Gasteiger partial charge in [-0.3, -0.25) is 0 Å². The molecule has 0 aromatic heterocycles. The van der Waals surface area contributed by atoms with Gasteiger partial charge < -0.3 is 4.74 Å². The van der Waals surface area contributed by atoms with Gasteiger partial charge in [-0.1, -0.05) is 41.5 Å². The van der Waals surface area contributed by atoms with E-state index in [4.69, 9.17) is 4.74 Å². The smallest absolute Gasteiger partial charge is 0.0604 e. The summed E-state index contributed by atoms with van der Waals surface area (Å²) in [7, 11) is 0.